The summed E-state index contributed by atoms with van der Waals surface area (Å²) in [6.07, 6.45) is 0. The molecule has 7 nitrogen and oxygen atoms in total. The van der Waals surface area contributed by atoms with E-state index < -0.39 is 0 Å². The lowest BCUT2D eigenvalue weighted by molar-refractivity contribution is 0.355. The third kappa shape index (κ3) is 3.88. The molecule has 0 fully saturated rings. The van der Waals surface area contributed by atoms with E-state index in [1.54, 1.807) is 14.2 Å². The topological polar surface area (TPSA) is 95.2 Å². The lowest BCUT2D eigenvalue weighted by Gasteiger charge is -2.12. The minimum Gasteiger partial charge on any atom is -0.493 e. The average Bonchev–Trinajstić information content (AvgIpc) is 2.74. The third-order valence-electron chi connectivity index (χ3n) is 4.37. The number of halogens is 1. The second-order valence-corrected chi connectivity index (χ2v) is 7.33. The number of nitrogens with two attached hydrogens (primary N) is 1. The summed E-state index contributed by atoms with van der Waals surface area (Å²) >= 11 is 2.27. The van der Waals surface area contributed by atoms with Gasteiger partial charge in [0, 0.05) is 9.13 Å². The molecule has 29 heavy (non-hydrogen) atoms. The molecule has 0 aliphatic carbocycles. The van der Waals surface area contributed by atoms with Gasteiger partial charge in [0.05, 0.1) is 31.1 Å². The first-order chi connectivity index (χ1) is 14.1. The van der Waals surface area contributed by atoms with E-state index in [1.165, 1.54) is 0 Å². The smallest absolute Gasteiger partial charge is 0.222 e. The number of fused-ring (bicyclic) bond motifs is 1. The summed E-state index contributed by atoms with van der Waals surface area (Å²) in [5.41, 5.74) is 9.78. The van der Waals surface area contributed by atoms with Crippen LogP contribution in [0.25, 0.3) is 22.3 Å². The number of nitrogen functional groups attached to an aromatic ring is 1. The zero-order valence-electron chi connectivity index (χ0n) is 15.8. The van der Waals surface area contributed by atoms with Gasteiger partial charge in [-0.3, -0.25) is 0 Å². The van der Waals surface area contributed by atoms with Gasteiger partial charge in [0.1, 0.15) is 5.52 Å². The third-order valence-corrected chi connectivity index (χ3v) is 5.31. The van der Waals surface area contributed by atoms with Gasteiger partial charge in [0.2, 0.25) is 5.95 Å². The Morgan fingerprint density at radius 1 is 0.897 bits per heavy atom. The molecule has 2 heterocycles. The summed E-state index contributed by atoms with van der Waals surface area (Å²) in [7, 11) is 3.21. The van der Waals surface area contributed by atoms with Crippen LogP contribution in [0.1, 0.15) is 0 Å². The fraction of sp³-hybridized carbons (Fsp3) is 0.0952. The molecule has 0 atom stereocenters. The van der Waals surface area contributed by atoms with Crippen LogP contribution in [0, 0.1) is 3.57 Å². The fourth-order valence-corrected chi connectivity index (χ4v) is 3.49. The summed E-state index contributed by atoms with van der Waals surface area (Å²) in [4.78, 5) is 13.5. The highest BCUT2D eigenvalue weighted by atomic mass is 127. The zero-order chi connectivity index (χ0) is 20.4. The van der Waals surface area contributed by atoms with Crippen LogP contribution in [-0.4, -0.2) is 29.2 Å². The van der Waals surface area contributed by atoms with Gasteiger partial charge in [-0.25, -0.2) is 9.97 Å². The summed E-state index contributed by atoms with van der Waals surface area (Å²) in [5, 5.41) is 3.33. The maximum Gasteiger partial charge on any atom is 0.222 e. The molecule has 0 saturated carbocycles. The summed E-state index contributed by atoms with van der Waals surface area (Å²) < 4.78 is 11.8. The van der Waals surface area contributed by atoms with Crippen molar-refractivity contribution in [3.63, 3.8) is 0 Å². The normalized spacial score (nSPS) is 10.7. The molecule has 146 valence electrons. The number of hydrogen-bond acceptors (Lipinski definition) is 7. The number of para-hydroxylation sites is 1. The van der Waals surface area contributed by atoms with E-state index in [0.717, 1.165) is 20.5 Å². The molecule has 2 aromatic carbocycles. The van der Waals surface area contributed by atoms with E-state index in [-0.39, 0.29) is 5.95 Å². The number of anilines is 3. The van der Waals surface area contributed by atoms with E-state index in [1.807, 2.05) is 54.6 Å². The van der Waals surface area contributed by atoms with Gasteiger partial charge in [-0.2, -0.15) is 4.98 Å². The van der Waals surface area contributed by atoms with Crippen LogP contribution in [0.3, 0.4) is 0 Å². The fourth-order valence-electron chi connectivity index (χ4n) is 2.97. The maximum atomic E-state index is 5.91. The Labute approximate surface area is 181 Å². The predicted octanol–water partition coefficient (Wildman–Crippen LogP) is 4.64. The Morgan fingerprint density at radius 2 is 1.69 bits per heavy atom. The highest BCUT2D eigenvalue weighted by Gasteiger charge is 2.13. The van der Waals surface area contributed by atoms with Crippen LogP contribution in [0.2, 0.25) is 0 Å². The lowest BCUT2D eigenvalue weighted by atomic mass is 10.1. The van der Waals surface area contributed by atoms with Crippen LogP contribution in [0.5, 0.6) is 11.5 Å². The number of aromatic nitrogens is 3. The summed E-state index contributed by atoms with van der Waals surface area (Å²) in [6.45, 7) is 0. The highest BCUT2D eigenvalue weighted by Crippen LogP contribution is 2.33. The van der Waals surface area contributed by atoms with Crippen LogP contribution in [0.4, 0.5) is 17.5 Å². The quantitative estimate of drug-likeness (QED) is 0.387. The first-order valence-corrected chi connectivity index (χ1v) is 9.85. The Morgan fingerprint density at radius 3 is 2.45 bits per heavy atom. The van der Waals surface area contributed by atoms with E-state index in [4.69, 9.17) is 20.2 Å². The van der Waals surface area contributed by atoms with Gasteiger partial charge in [0.15, 0.2) is 17.3 Å². The van der Waals surface area contributed by atoms with Gasteiger partial charge in [-0.05, 0) is 65.1 Å². The number of nitrogens with zero attached hydrogens (tertiary/aromatic N) is 3. The Kier molecular flexibility index (Phi) is 5.34. The van der Waals surface area contributed by atoms with Crippen molar-refractivity contribution in [3.05, 3.63) is 58.2 Å². The standard InChI is InChI=1S/C21H18IN5O2/c1-28-17-10-7-12(11-18(17)29-2)14-8-9-16-19(24-14)20(27-21(23)26-16)25-15-6-4-3-5-13(15)22/h3-11H,1-2H3,(H3,23,25,26,27). The van der Waals surface area contributed by atoms with Crippen molar-refractivity contribution in [2.24, 2.45) is 0 Å². The Hall–Kier alpha value is -3.14. The molecule has 0 amide bonds. The van der Waals surface area contributed by atoms with Crippen molar-refractivity contribution in [2.45, 2.75) is 0 Å². The molecule has 0 unspecified atom stereocenters. The molecular weight excluding hydrogens is 481 g/mol. The lowest BCUT2D eigenvalue weighted by Crippen LogP contribution is -2.03. The van der Waals surface area contributed by atoms with Crippen LogP contribution >= 0.6 is 22.6 Å². The predicted molar refractivity (Wildman–Crippen MR) is 123 cm³/mol. The average molecular weight is 499 g/mol. The zero-order valence-corrected chi connectivity index (χ0v) is 18.0. The van der Waals surface area contributed by atoms with Crippen LogP contribution in [-0.2, 0) is 0 Å². The molecule has 4 aromatic rings. The monoisotopic (exact) mass is 499 g/mol. The van der Waals surface area contributed by atoms with Crippen molar-refractivity contribution in [1.29, 1.82) is 0 Å². The van der Waals surface area contributed by atoms with E-state index >= 15 is 0 Å². The molecular formula is C21H18IN5O2. The second-order valence-electron chi connectivity index (χ2n) is 6.17. The summed E-state index contributed by atoms with van der Waals surface area (Å²) in [5.74, 6) is 2.04. The Balaban J connectivity index is 1.83. The van der Waals surface area contributed by atoms with Crippen molar-refractivity contribution >= 4 is 51.1 Å². The number of hydrogen-bond donors (Lipinski definition) is 2. The van der Waals surface area contributed by atoms with Gasteiger partial charge in [-0.1, -0.05) is 12.1 Å². The molecule has 0 aliphatic heterocycles. The number of methoxy groups -OCH3 is 2. The number of rotatable bonds is 5. The first-order valence-electron chi connectivity index (χ1n) is 8.77. The van der Waals surface area contributed by atoms with Gasteiger partial charge in [0.25, 0.3) is 0 Å². The molecule has 0 aliphatic rings. The molecule has 0 bridgehead atoms. The summed E-state index contributed by atoms with van der Waals surface area (Å²) in [6, 6.07) is 17.4. The van der Waals surface area contributed by atoms with E-state index in [2.05, 4.69) is 37.9 Å². The van der Waals surface area contributed by atoms with Crippen molar-refractivity contribution in [3.8, 4) is 22.8 Å². The maximum absolute atomic E-state index is 5.91. The van der Waals surface area contributed by atoms with Crippen molar-refractivity contribution in [2.75, 3.05) is 25.3 Å². The van der Waals surface area contributed by atoms with Gasteiger partial charge >= 0.3 is 0 Å². The number of benzene rings is 2. The van der Waals surface area contributed by atoms with Gasteiger partial charge < -0.3 is 20.5 Å². The van der Waals surface area contributed by atoms with Crippen LogP contribution < -0.4 is 20.5 Å². The minimum absolute atomic E-state index is 0.187. The molecule has 0 saturated heterocycles. The van der Waals surface area contributed by atoms with E-state index in [9.17, 15) is 0 Å². The number of pyridine rings is 1. The molecule has 0 spiro atoms. The molecule has 4 rings (SSSR count). The van der Waals surface area contributed by atoms with Crippen LogP contribution in [0.15, 0.2) is 54.6 Å². The van der Waals surface area contributed by atoms with Gasteiger partial charge in [-0.15, -0.1) is 0 Å². The largest absolute Gasteiger partial charge is 0.493 e. The molecule has 8 heteroatoms. The highest BCUT2D eigenvalue weighted by molar-refractivity contribution is 14.1. The molecule has 2 aromatic heterocycles. The van der Waals surface area contributed by atoms with Crippen molar-refractivity contribution in [1.82, 2.24) is 15.0 Å². The molecule has 3 N–H and O–H groups in total. The molecule has 0 radical (unpaired) electrons. The number of ether oxygens (including phenoxy) is 2. The second kappa shape index (κ2) is 8.08. The van der Waals surface area contributed by atoms with Crippen molar-refractivity contribution < 1.29 is 9.47 Å². The van der Waals surface area contributed by atoms with E-state index in [0.29, 0.717) is 28.4 Å². The Bertz CT molecular complexity index is 1200. The minimum atomic E-state index is 0.187. The SMILES string of the molecule is COc1ccc(-c2ccc3nc(N)nc(Nc4ccccc4I)c3n2)cc1OC. The number of nitrogens with one attached hydrogen (secondary N) is 1. The first kappa shape index (κ1) is 19.2.